The maximum atomic E-state index is 2.52. The summed E-state index contributed by atoms with van der Waals surface area (Å²) in [6.07, 6.45) is 0. The van der Waals surface area contributed by atoms with Gasteiger partial charge in [0.25, 0.3) is 0 Å². The van der Waals surface area contributed by atoms with Crippen molar-refractivity contribution in [1.29, 1.82) is 0 Å². The van der Waals surface area contributed by atoms with Gasteiger partial charge in [0.1, 0.15) is 0 Å². The maximum absolute atomic E-state index is 2.52. The van der Waals surface area contributed by atoms with Crippen LogP contribution in [0.3, 0.4) is 0 Å². The van der Waals surface area contributed by atoms with Gasteiger partial charge in [-0.2, -0.15) is 0 Å². The van der Waals surface area contributed by atoms with Crippen LogP contribution in [0.4, 0.5) is 17.1 Å². The highest BCUT2D eigenvalue weighted by molar-refractivity contribution is 7.26. The van der Waals surface area contributed by atoms with Gasteiger partial charge < -0.3 is 4.90 Å². The molecule has 65 heavy (non-hydrogen) atoms. The fraction of sp³-hybridized carbons (Fsp3) is 0.175. The van der Waals surface area contributed by atoms with Gasteiger partial charge in [-0.25, -0.2) is 0 Å². The standard InChI is InChI=1S/C63H55NS/c1-61(2,3)44-36-43(37-45(39-44)62(4,5)6)47-23-15-18-41-19-16-24-51(59(41)47)50-21-10-13-26-55(50)64(56-27-17-29-58-60(56)52-22-11-14-28-57(52)65-58)46-33-30-40(31-34-46)42-32-35-49-48-20-9-12-25-53(48)63(7,8)54(49)38-42/h9-39H,1-8H3. The first-order valence-electron chi connectivity index (χ1n) is 23.1. The largest absolute Gasteiger partial charge is 0.309 e. The van der Waals surface area contributed by atoms with E-state index >= 15 is 0 Å². The predicted molar refractivity (Wildman–Crippen MR) is 283 cm³/mol. The Morgan fingerprint density at radius 1 is 0.400 bits per heavy atom. The van der Waals surface area contributed by atoms with E-state index in [0.29, 0.717) is 0 Å². The van der Waals surface area contributed by atoms with Crippen LogP contribution in [0.15, 0.2) is 188 Å². The van der Waals surface area contributed by atoms with Crippen LogP contribution in [0.2, 0.25) is 0 Å². The topological polar surface area (TPSA) is 3.24 Å². The van der Waals surface area contributed by atoms with Crippen molar-refractivity contribution in [2.45, 2.75) is 71.6 Å². The normalized spacial score (nSPS) is 13.4. The molecule has 1 aliphatic carbocycles. The summed E-state index contributed by atoms with van der Waals surface area (Å²) < 4.78 is 2.58. The van der Waals surface area contributed by atoms with E-state index in [4.69, 9.17) is 0 Å². The summed E-state index contributed by atoms with van der Waals surface area (Å²) in [6, 6.07) is 70.9. The Kier molecular flexibility index (Phi) is 9.58. The summed E-state index contributed by atoms with van der Waals surface area (Å²) >= 11 is 1.87. The fourth-order valence-electron chi connectivity index (χ4n) is 10.4. The monoisotopic (exact) mass is 857 g/mol. The number of benzene rings is 9. The van der Waals surface area contributed by atoms with Gasteiger partial charge in [0.05, 0.1) is 11.4 Å². The minimum atomic E-state index is -0.0594. The van der Waals surface area contributed by atoms with E-state index in [1.165, 1.54) is 103 Å². The molecule has 0 spiro atoms. The van der Waals surface area contributed by atoms with Crippen molar-refractivity contribution in [3.63, 3.8) is 0 Å². The number of thiophene rings is 1. The molecule has 1 aromatic heterocycles. The maximum Gasteiger partial charge on any atom is 0.0555 e. The number of hydrogen-bond donors (Lipinski definition) is 0. The molecule has 11 rings (SSSR count). The Morgan fingerprint density at radius 3 is 1.71 bits per heavy atom. The van der Waals surface area contributed by atoms with Crippen molar-refractivity contribution < 1.29 is 0 Å². The average Bonchev–Trinajstić information content (AvgIpc) is 3.80. The lowest BCUT2D eigenvalue weighted by Gasteiger charge is -2.29. The van der Waals surface area contributed by atoms with E-state index < -0.39 is 0 Å². The zero-order valence-electron chi connectivity index (χ0n) is 38.8. The molecule has 0 saturated heterocycles. The van der Waals surface area contributed by atoms with Crippen LogP contribution < -0.4 is 4.90 Å². The summed E-state index contributed by atoms with van der Waals surface area (Å²) in [7, 11) is 0. The van der Waals surface area contributed by atoms with Crippen LogP contribution >= 0.6 is 11.3 Å². The van der Waals surface area contributed by atoms with Crippen molar-refractivity contribution >= 4 is 59.3 Å². The van der Waals surface area contributed by atoms with Crippen molar-refractivity contribution in [2.75, 3.05) is 4.90 Å². The van der Waals surface area contributed by atoms with Crippen LogP contribution in [0.25, 0.3) is 75.5 Å². The van der Waals surface area contributed by atoms with Crippen LogP contribution in [0, 0.1) is 0 Å². The van der Waals surface area contributed by atoms with Crippen molar-refractivity contribution in [2.24, 2.45) is 0 Å². The molecule has 1 heterocycles. The molecule has 0 amide bonds. The first-order chi connectivity index (χ1) is 31.3. The number of para-hydroxylation sites is 1. The quantitative estimate of drug-likeness (QED) is 0.161. The van der Waals surface area contributed by atoms with Crippen LogP contribution in [0.1, 0.15) is 77.6 Å². The van der Waals surface area contributed by atoms with Gasteiger partial charge in [0.2, 0.25) is 0 Å². The molecule has 0 unspecified atom stereocenters. The predicted octanol–water partition coefficient (Wildman–Crippen LogP) is 18.6. The van der Waals surface area contributed by atoms with E-state index in [-0.39, 0.29) is 16.2 Å². The molecule has 0 saturated carbocycles. The highest BCUT2D eigenvalue weighted by Gasteiger charge is 2.35. The fourth-order valence-corrected chi connectivity index (χ4v) is 11.5. The van der Waals surface area contributed by atoms with E-state index in [0.717, 1.165) is 11.4 Å². The van der Waals surface area contributed by atoms with E-state index in [1.54, 1.807) is 0 Å². The Morgan fingerprint density at radius 2 is 0.969 bits per heavy atom. The molecule has 0 aliphatic heterocycles. The Hall–Kier alpha value is -6.74. The first kappa shape index (κ1) is 41.0. The van der Waals surface area contributed by atoms with Gasteiger partial charge in [-0.15, -0.1) is 11.3 Å². The second-order valence-electron chi connectivity index (χ2n) is 20.6. The second kappa shape index (κ2) is 15.2. The molecule has 10 aromatic rings. The van der Waals surface area contributed by atoms with Gasteiger partial charge in [-0.3, -0.25) is 0 Å². The minimum Gasteiger partial charge on any atom is -0.309 e. The lowest BCUT2D eigenvalue weighted by atomic mass is 9.78. The van der Waals surface area contributed by atoms with Crippen LogP contribution in [-0.2, 0) is 16.2 Å². The van der Waals surface area contributed by atoms with Gasteiger partial charge >= 0.3 is 0 Å². The third-order valence-corrected chi connectivity index (χ3v) is 15.1. The van der Waals surface area contributed by atoms with Gasteiger partial charge in [0.15, 0.2) is 0 Å². The van der Waals surface area contributed by atoms with Crippen molar-refractivity contribution in [1.82, 2.24) is 0 Å². The molecular weight excluding hydrogens is 803 g/mol. The average molecular weight is 858 g/mol. The highest BCUT2D eigenvalue weighted by Crippen LogP contribution is 2.51. The molecule has 1 nitrogen and oxygen atoms in total. The second-order valence-corrected chi connectivity index (χ2v) is 21.7. The Bertz CT molecular complexity index is 3440. The summed E-state index contributed by atoms with van der Waals surface area (Å²) in [5.74, 6) is 0. The smallest absolute Gasteiger partial charge is 0.0555 e. The molecule has 0 radical (unpaired) electrons. The number of nitrogens with zero attached hydrogens (tertiary/aromatic N) is 1. The van der Waals surface area contributed by atoms with Crippen LogP contribution in [0.5, 0.6) is 0 Å². The summed E-state index contributed by atoms with van der Waals surface area (Å²) in [5, 5.41) is 5.06. The SMILES string of the molecule is CC(C)(C)c1cc(-c2cccc3cccc(-c4ccccc4N(c4ccc(-c5ccc6c(c5)C(C)(C)c5ccccc5-6)cc4)c4cccc5sc6ccccc6c45)c23)cc(C(C)(C)C)c1. The van der Waals surface area contributed by atoms with Crippen molar-refractivity contribution in [3.05, 3.63) is 210 Å². The lowest BCUT2D eigenvalue weighted by molar-refractivity contribution is 0.569. The molecule has 0 atom stereocenters. The number of fused-ring (bicyclic) bond motifs is 7. The van der Waals surface area contributed by atoms with Gasteiger partial charge in [-0.1, -0.05) is 201 Å². The molecular formula is C63H55NS. The number of rotatable bonds is 6. The third-order valence-electron chi connectivity index (χ3n) is 14.0. The van der Waals surface area contributed by atoms with Gasteiger partial charge in [-0.05, 0) is 125 Å². The summed E-state index contributed by atoms with van der Waals surface area (Å²) in [4.78, 5) is 2.52. The van der Waals surface area contributed by atoms with E-state index in [1.807, 2.05) is 11.3 Å². The molecule has 0 bridgehead atoms. The summed E-state index contributed by atoms with van der Waals surface area (Å²) in [6.45, 7) is 18.7. The zero-order chi connectivity index (χ0) is 44.8. The van der Waals surface area contributed by atoms with E-state index in [2.05, 4.69) is 248 Å². The van der Waals surface area contributed by atoms with Crippen LogP contribution in [-0.4, -0.2) is 0 Å². The Balaban J connectivity index is 1.11. The lowest BCUT2D eigenvalue weighted by Crippen LogP contribution is -2.16. The highest BCUT2D eigenvalue weighted by atomic mass is 32.1. The molecule has 1 aliphatic rings. The summed E-state index contributed by atoms with van der Waals surface area (Å²) in [5.41, 5.74) is 18.9. The zero-order valence-corrected chi connectivity index (χ0v) is 39.6. The molecule has 9 aromatic carbocycles. The Labute approximate surface area is 388 Å². The molecule has 2 heteroatoms. The number of hydrogen-bond acceptors (Lipinski definition) is 2. The third kappa shape index (κ3) is 6.89. The number of anilines is 3. The van der Waals surface area contributed by atoms with E-state index in [9.17, 15) is 0 Å². The van der Waals surface area contributed by atoms with Gasteiger partial charge in [0, 0.05) is 36.8 Å². The first-order valence-corrected chi connectivity index (χ1v) is 23.9. The van der Waals surface area contributed by atoms with Crippen molar-refractivity contribution in [3.8, 4) is 44.5 Å². The molecule has 318 valence electrons. The minimum absolute atomic E-state index is 0.00189. The molecule has 0 N–H and O–H groups in total. The molecule has 0 fully saturated rings.